The maximum Gasteiger partial charge on any atom is 0.139 e. The Balaban J connectivity index is 2.53. The molecule has 0 amide bonds. The molecule has 1 unspecified atom stereocenters. The predicted octanol–water partition coefficient (Wildman–Crippen LogP) is 3.63. The Bertz CT molecular complexity index is 597. The van der Waals surface area contributed by atoms with E-state index in [0.29, 0.717) is 16.4 Å². The summed E-state index contributed by atoms with van der Waals surface area (Å²) in [5, 5.41) is 0. The highest BCUT2D eigenvalue weighted by atomic mass is 79.9. The molecule has 0 aliphatic rings. The Morgan fingerprint density at radius 3 is 2.74 bits per heavy atom. The van der Waals surface area contributed by atoms with Crippen LogP contribution >= 0.6 is 27.5 Å². The molecule has 6 heteroatoms. The van der Waals surface area contributed by atoms with Crippen molar-refractivity contribution in [2.75, 3.05) is 14.1 Å². The molecule has 0 radical (unpaired) electrons. The average molecular weight is 349 g/mol. The van der Waals surface area contributed by atoms with E-state index in [1.165, 1.54) is 6.07 Å². The lowest BCUT2D eigenvalue weighted by atomic mass is 10.2. The van der Waals surface area contributed by atoms with Gasteiger partial charge >= 0.3 is 0 Å². The minimum atomic E-state index is -0.285. The van der Waals surface area contributed by atoms with Crippen LogP contribution in [0.1, 0.15) is 12.7 Å². The number of fused-ring (bicyclic) bond motifs is 1. The third-order valence-corrected chi connectivity index (χ3v) is 4.16. The maximum absolute atomic E-state index is 13.7. The first-order valence-corrected chi connectivity index (χ1v) is 7.33. The highest BCUT2D eigenvalue weighted by Crippen LogP contribution is 2.25. The molecular formula is C13H16BrClFN3. The monoisotopic (exact) mass is 347 g/mol. The van der Waals surface area contributed by atoms with Crippen LogP contribution < -0.4 is 0 Å². The summed E-state index contributed by atoms with van der Waals surface area (Å²) in [6.45, 7) is 2.84. The number of aromatic nitrogens is 2. The number of halogens is 3. The summed E-state index contributed by atoms with van der Waals surface area (Å²) in [6.07, 6.45) is 0. The number of imidazole rings is 1. The van der Waals surface area contributed by atoms with Gasteiger partial charge in [0.25, 0.3) is 0 Å². The first-order valence-electron chi connectivity index (χ1n) is 6.00. The van der Waals surface area contributed by atoms with Crippen LogP contribution in [0.5, 0.6) is 0 Å². The molecule has 1 heterocycles. The van der Waals surface area contributed by atoms with E-state index in [4.69, 9.17) is 11.6 Å². The summed E-state index contributed by atoms with van der Waals surface area (Å²) in [6, 6.07) is 3.51. The van der Waals surface area contributed by atoms with Crippen LogP contribution in [-0.2, 0) is 12.4 Å². The fraction of sp³-hybridized carbons (Fsp3) is 0.462. The van der Waals surface area contributed by atoms with Crippen LogP contribution in [0.3, 0.4) is 0 Å². The van der Waals surface area contributed by atoms with Crippen molar-refractivity contribution in [3.8, 4) is 0 Å². The first kappa shape index (κ1) is 14.8. The lowest BCUT2D eigenvalue weighted by Crippen LogP contribution is -2.29. The van der Waals surface area contributed by atoms with E-state index in [-0.39, 0.29) is 5.82 Å². The molecule has 19 heavy (non-hydrogen) atoms. The molecule has 1 aromatic heterocycles. The second-order valence-corrected chi connectivity index (χ2v) is 5.96. The number of hydrogen-bond donors (Lipinski definition) is 0. The van der Waals surface area contributed by atoms with Crippen molar-refractivity contribution in [2.24, 2.45) is 0 Å². The van der Waals surface area contributed by atoms with Gasteiger partial charge in [-0.15, -0.1) is 11.6 Å². The molecule has 1 aromatic carbocycles. The van der Waals surface area contributed by atoms with Gasteiger partial charge in [-0.2, -0.15) is 0 Å². The van der Waals surface area contributed by atoms with E-state index in [2.05, 4.69) is 32.7 Å². The second-order valence-electron chi connectivity index (χ2n) is 4.84. The summed E-state index contributed by atoms with van der Waals surface area (Å²) in [5.74, 6) is 0.795. The normalized spacial score (nSPS) is 13.4. The van der Waals surface area contributed by atoms with Crippen molar-refractivity contribution >= 4 is 38.6 Å². The lowest BCUT2D eigenvalue weighted by Gasteiger charge is -2.21. The minimum absolute atomic E-state index is 0.285. The van der Waals surface area contributed by atoms with Crippen LogP contribution in [0.15, 0.2) is 16.6 Å². The quantitative estimate of drug-likeness (QED) is 0.787. The van der Waals surface area contributed by atoms with E-state index in [1.54, 1.807) is 6.07 Å². The van der Waals surface area contributed by atoms with Gasteiger partial charge in [0.05, 0.1) is 21.4 Å². The smallest absolute Gasteiger partial charge is 0.139 e. The number of alkyl halides is 1. The maximum atomic E-state index is 13.7. The van der Waals surface area contributed by atoms with Gasteiger partial charge in [-0.05, 0) is 43.0 Å². The van der Waals surface area contributed by atoms with Gasteiger partial charge in [-0.25, -0.2) is 9.37 Å². The van der Waals surface area contributed by atoms with Gasteiger partial charge in [0.1, 0.15) is 11.6 Å². The zero-order chi connectivity index (χ0) is 14.2. The third kappa shape index (κ3) is 2.93. The largest absolute Gasteiger partial charge is 0.325 e. The van der Waals surface area contributed by atoms with Gasteiger partial charge in [-0.1, -0.05) is 0 Å². The van der Waals surface area contributed by atoms with E-state index in [9.17, 15) is 4.39 Å². The highest BCUT2D eigenvalue weighted by Gasteiger charge is 2.15. The zero-order valence-electron chi connectivity index (χ0n) is 11.1. The van der Waals surface area contributed by atoms with E-state index in [1.807, 2.05) is 18.7 Å². The van der Waals surface area contributed by atoms with Crippen LogP contribution in [-0.4, -0.2) is 34.6 Å². The highest BCUT2D eigenvalue weighted by molar-refractivity contribution is 9.10. The number of hydrogen-bond acceptors (Lipinski definition) is 2. The molecule has 2 aromatic rings. The Morgan fingerprint density at radius 2 is 2.16 bits per heavy atom. The molecule has 0 saturated carbocycles. The predicted molar refractivity (Wildman–Crippen MR) is 80.1 cm³/mol. The Hall–Kier alpha value is -0.650. The summed E-state index contributed by atoms with van der Waals surface area (Å²) < 4.78 is 16.1. The molecule has 3 nitrogen and oxygen atoms in total. The van der Waals surface area contributed by atoms with Gasteiger partial charge in [0.15, 0.2) is 0 Å². The summed E-state index contributed by atoms with van der Waals surface area (Å²) in [5.41, 5.74) is 1.54. The fourth-order valence-corrected chi connectivity index (χ4v) is 2.44. The molecule has 0 fully saturated rings. The molecular weight excluding hydrogens is 333 g/mol. The third-order valence-electron chi connectivity index (χ3n) is 3.32. The number of rotatable bonds is 4. The van der Waals surface area contributed by atoms with Crippen LogP contribution in [0.2, 0.25) is 0 Å². The molecule has 0 aliphatic carbocycles. The van der Waals surface area contributed by atoms with E-state index >= 15 is 0 Å². The van der Waals surface area contributed by atoms with Crippen LogP contribution in [0.4, 0.5) is 4.39 Å². The van der Waals surface area contributed by atoms with Gasteiger partial charge < -0.3 is 9.47 Å². The molecule has 0 N–H and O–H groups in total. The summed E-state index contributed by atoms with van der Waals surface area (Å²) in [7, 11) is 4.03. The SMILES string of the molecule is CC(Cn1c(CCl)nc2cc(Br)c(F)cc21)N(C)C. The second kappa shape index (κ2) is 5.77. The van der Waals surface area contributed by atoms with Crippen molar-refractivity contribution < 1.29 is 4.39 Å². The summed E-state index contributed by atoms with van der Waals surface area (Å²) >= 11 is 9.12. The van der Waals surface area contributed by atoms with Crippen molar-refractivity contribution in [1.82, 2.24) is 14.5 Å². The molecule has 0 aliphatic heterocycles. The van der Waals surface area contributed by atoms with Crippen LogP contribution in [0.25, 0.3) is 11.0 Å². The van der Waals surface area contributed by atoms with Gasteiger partial charge in [0, 0.05) is 18.7 Å². The molecule has 2 rings (SSSR count). The van der Waals surface area contributed by atoms with Gasteiger partial charge in [0.2, 0.25) is 0 Å². The molecule has 0 bridgehead atoms. The lowest BCUT2D eigenvalue weighted by molar-refractivity contribution is 0.284. The Labute approximate surface area is 125 Å². The van der Waals surface area contributed by atoms with Crippen LogP contribution in [0, 0.1) is 5.82 Å². The zero-order valence-corrected chi connectivity index (χ0v) is 13.5. The van der Waals surface area contributed by atoms with Crippen molar-refractivity contribution in [3.63, 3.8) is 0 Å². The van der Waals surface area contributed by atoms with Crippen molar-refractivity contribution in [2.45, 2.75) is 25.4 Å². The Kier molecular flexibility index (Phi) is 4.48. The Morgan fingerprint density at radius 1 is 1.47 bits per heavy atom. The van der Waals surface area contributed by atoms with E-state index < -0.39 is 0 Å². The summed E-state index contributed by atoms with van der Waals surface area (Å²) in [4.78, 5) is 6.57. The topological polar surface area (TPSA) is 21.1 Å². The number of benzene rings is 1. The number of likely N-dealkylation sites (N-methyl/N-ethyl adjacent to an activating group) is 1. The molecule has 0 spiro atoms. The van der Waals surface area contributed by atoms with Gasteiger partial charge in [-0.3, -0.25) is 0 Å². The van der Waals surface area contributed by atoms with E-state index in [0.717, 1.165) is 23.4 Å². The van der Waals surface area contributed by atoms with Crippen molar-refractivity contribution in [1.29, 1.82) is 0 Å². The molecule has 1 atom stereocenters. The van der Waals surface area contributed by atoms with Crippen molar-refractivity contribution in [3.05, 3.63) is 28.2 Å². The fourth-order valence-electron chi connectivity index (χ4n) is 1.90. The number of nitrogens with zero attached hydrogens (tertiary/aromatic N) is 3. The standard InChI is InChI=1S/C13H16BrClFN3/c1-8(18(2)3)7-19-12-5-10(16)9(14)4-11(12)17-13(19)6-15/h4-5,8H,6-7H2,1-3H3. The minimum Gasteiger partial charge on any atom is -0.325 e. The first-order chi connectivity index (χ1) is 8.93. The average Bonchev–Trinajstić information content (AvgIpc) is 2.67. The molecule has 104 valence electrons. The molecule has 0 saturated heterocycles.